The summed E-state index contributed by atoms with van der Waals surface area (Å²) >= 11 is 6.37. The maximum atomic E-state index is 12.3. The van der Waals surface area contributed by atoms with Crippen molar-refractivity contribution in [3.63, 3.8) is 0 Å². The summed E-state index contributed by atoms with van der Waals surface area (Å²) in [6.07, 6.45) is 0. The van der Waals surface area contributed by atoms with E-state index in [1.165, 1.54) is 12.1 Å². The second-order valence-corrected chi connectivity index (χ2v) is 7.29. The number of halogens is 2. The van der Waals surface area contributed by atoms with Gasteiger partial charge < -0.3 is 10.3 Å². The van der Waals surface area contributed by atoms with Gasteiger partial charge >= 0.3 is 0 Å². The first kappa shape index (κ1) is 15.4. The number of nitrogen functional groups attached to an aromatic ring is 1. The summed E-state index contributed by atoms with van der Waals surface area (Å²) < 4.78 is 32.5. The van der Waals surface area contributed by atoms with Crippen LogP contribution in [-0.4, -0.2) is 18.6 Å². The minimum Gasteiger partial charge on any atom is -0.399 e. The number of hydrogen-bond donors (Lipinski definition) is 2. The van der Waals surface area contributed by atoms with Gasteiger partial charge in [0.2, 0.25) is 15.9 Å². The smallest absolute Gasteiger partial charge is 0.243 e. The Labute approximate surface area is 132 Å². The Morgan fingerprint density at radius 2 is 1.95 bits per heavy atom. The number of nitrogens with two attached hydrogens (primary N) is 1. The number of anilines is 1. The largest absolute Gasteiger partial charge is 0.399 e. The first-order chi connectivity index (χ1) is 9.29. The molecule has 0 fully saturated rings. The van der Waals surface area contributed by atoms with Crippen LogP contribution in [0.5, 0.6) is 0 Å². The maximum Gasteiger partial charge on any atom is 0.243 e. The number of nitrogens with zero attached hydrogens (tertiary/aromatic N) is 2. The molecule has 0 aliphatic carbocycles. The monoisotopic (exact) mass is 424 g/mol. The molecular weight excluding hydrogens is 416 g/mol. The zero-order chi connectivity index (χ0) is 14.9. The van der Waals surface area contributed by atoms with E-state index in [-0.39, 0.29) is 17.3 Å². The second-order valence-electron chi connectivity index (χ2n) is 3.87. The molecule has 10 heteroatoms. The van der Waals surface area contributed by atoms with Gasteiger partial charge in [0.1, 0.15) is 4.90 Å². The minimum atomic E-state index is -3.75. The van der Waals surface area contributed by atoms with Gasteiger partial charge in [0, 0.05) is 14.6 Å². The van der Waals surface area contributed by atoms with Crippen molar-refractivity contribution in [3.05, 3.63) is 32.8 Å². The molecule has 0 atom stereocenters. The molecule has 1 aromatic heterocycles. The van der Waals surface area contributed by atoms with E-state index in [0.29, 0.717) is 20.5 Å². The summed E-state index contributed by atoms with van der Waals surface area (Å²) in [5, 5.41) is 3.58. The van der Waals surface area contributed by atoms with Crippen LogP contribution in [0, 0.1) is 6.92 Å². The number of aryl methyl sites for hydroxylation is 1. The highest BCUT2D eigenvalue weighted by Gasteiger charge is 2.22. The van der Waals surface area contributed by atoms with Gasteiger partial charge in [0.15, 0.2) is 5.82 Å². The summed E-state index contributed by atoms with van der Waals surface area (Å²) in [6.45, 7) is 1.56. The van der Waals surface area contributed by atoms with Crippen LogP contribution in [0.15, 0.2) is 30.5 Å². The highest BCUT2D eigenvalue weighted by atomic mass is 79.9. The molecule has 0 bridgehead atoms. The molecule has 0 amide bonds. The van der Waals surface area contributed by atoms with Crippen LogP contribution in [0.1, 0.15) is 11.7 Å². The van der Waals surface area contributed by atoms with Gasteiger partial charge in [-0.3, -0.25) is 0 Å². The lowest BCUT2D eigenvalue weighted by atomic mass is 10.3. The lowest BCUT2D eigenvalue weighted by Crippen LogP contribution is -2.24. The Balaban J connectivity index is 2.27. The highest BCUT2D eigenvalue weighted by molar-refractivity contribution is 9.11. The Morgan fingerprint density at radius 3 is 2.45 bits per heavy atom. The van der Waals surface area contributed by atoms with Crippen molar-refractivity contribution in [2.75, 3.05) is 5.73 Å². The molecule has 3 N–H and O–H groups in total. The number of benzene rings is 1. The predicted molar refractivity (Wildman–Crippen MR) is 79.3 cm³/mol. The summed E-state index contributed by atoms with van der Waals surface area (Å²) in [5.41, 5.74) is 6.07. The Hall–Kier alpha value is -0.970. The topological polar surface area (TPSA) is 111 Å². The molecule has 0 saturated heterocycles. The summed E-state index contributed by atoms with van der Waals surface area (Å²) in [6, 6.07) is 3.02. The zero-order valence-corrected chi connectivity index (χ0v) is 14.2. The number of aromatic nitrogens is 2. The molecule has 20 heavy (non-hydrogen) atoms. The molecule has 7 nitrogen and oxygen atoms in total. The molecule has 0 spiro atoms. The number of sulfonamides is 1. The van der Waals surface area contributed by atoms with Gasteiger partial charge in [-0.2, -0.15) is 4.98 Å². The van der Waals surface area contributed by atoms with E-state index in [0.717, 1.165) is 0 Å². The van der Waals surface area contributed by atoms with Crippen LogP contribution >= 0.6 is 31.9 Å². The van der Waals surface area contributed by atoms with Gasteiger partial charge in [-0.05, 0) is 50.9 Å². The van der Waals surface area contributed by atoms with Crippen molar-refractivity contribution in [2.45, 2.75) is 18.4 Å². The molecular formula is C10H10Br2N4O3S. The van der Waals surface area contributed by atoms with Crippen molar-refractivity contribution in [3.8, 4) is 0 Å². The summed E-state index contributed by atoms with van der Waals surface area (Å²) in [7, 11) is -3.75. The second kappa shape index (κ2) is 5.80. The molecule has 2 rings (SSSR count). The molecule has 2 aromatic rings. The quantitative estimate of drug-likeness (QED) is 0.724. The van der Waals surface area contributed by atoms with E-state index in [9.17, 15) is 8.42 Å². The Bertz CT molecular complexity index is 722. The van der Waals surface area contributed by atoms with Gasteiger partial charge in [-0.25, -0.2) is 13.1 Å². The van der Waals surface area contributed by atoms with Crippen molar-refractivity contribution in [2.24, 2.45) is 0 Å². The summed E-state index contributed by atoms with van der Waals surface area (Å²) in [5.74, 6) is 0.628. The fourth-order valence-electron chi connectivity index (χ4n) is 1.48. The minimum absolute atomic E-state index is 0.0583. The fourth-order valence-corrected chi connectivity index (χ4v) is 5.07. The van der Waals surface area contributed by atoms with Gasteiger partial charge in [0.05, 0.1) is 6.54 Å². The third-order valence-corrected chi connectivity index (χ3v) is 5.55. The maximum absolute atomic E-state index is 12.3. The van der Waals surface area contributed by atoms with Crippen molar-refractivity contribution in [1.29, 1.82) is 0 Å². The average Bonchev–Trinajstić information content (AvgIpc) is 2.71. The molecule has 0 saturated carbocycles. The third-order valence-electron chi connectivity index (χ3n) is 2.27. The Kier molecular flexibility index (Phi) is 4.47. The van der Waals surface area contributed by atoms with E-state index in [2.05, 4.69) is 46.7 Å². The van der Waals surface area contributed by atoms with E-state index in [4.69, 9.17) is 10.3 Å². The third kappa shape index (κ3) is 3.37. The highest BCUT2D eigenvalue weighted by Crippen LogP contribution is 2.32. The van der Waals surface area contributed by atoms with Crippen molar-refractivity contribution in [1.82, 2.24) is 14.9 Å². The van der Waals surface area contributed by atoms with Gasteiger partial charge in [-0.15, -0.1) is 0 Å². The van der Waals surface area contributed by atoms with E-state index in [1.54, 1.807) is 6.92 Å². The van der Waals surface area contributed by atoms with Crippen LogP contribution < -0.4 is 10.5 Å². The van der Waals surface area contributed by atoms with Crippen LogP contribution in [0.25, 0.3) is 0 Å². The lowest BCUT2D eigenvalue weighted by Gasteiger charge is -2.10. The molecule has 0 radical (unpaired) electrons. The first-order valence-electron chi connectivity index (χ1n) is 5.33. The van der Waals surface area contributed by atoms with Crippen LogP contribution in [0.4, 0.5) is 5.69 Å². The standard InChI is InChI=1S/C10H10Br2N4O3S/c1-5-15-9(19-16-5)4-14-20(17,18)10-7(11)2-6(13)3-8(10)12/h2-3,14H,4,13H2,1H3. The van der Waals surface area contributed by atoms with E-state index >= 15 is 0 Å². The van der Waals surface area contributed by atoms with Crippen molar-refractivity contribution < 1.29 is 12.9 Å². The van der Waals surface area contributed by atoms with Gasteiger partial charge in [0.25, 0.3) is 0 Å². The number of hydrogen-bond acceptors (Lipinski definition) is 6. The molecule has 0 unspecified atom stereocenters. The molecule has 0 aliphatic heterocycles. The van der Waals surface area contributed by atoms with E-state index < -0.39 is 10.0 Å². The van der Waals surface area contributed by atoms with E-state index in [1.807, 2.05) is 0 Å². The molecule has 1 aromatic carbocycles. The lowest BCUT2D eigenvalue weighted by molar-refractivity contribution is 0.372. The first-order valence-corrected chi connectivity index (χ1v) is 8.40. The van der Waals surface area contributed by atoms with Crippen LogP contribution in [-0.2, 0) is 16.6 Å². The van der Waals surface area contributed by atoms with Crippen LogP contribution in [0.3, 0.4) is 0 Å². The zero-order valence-electron chi connectivity index (χ0n) is 10.2. The summed E-state index contributed by atoms with van der Waals surface area (Å²) in [4.78, 5) is 3.98. The van der Waals surface area contributed by atoms with Crippen molar-refractivity contribution >= 4 is 47.6 Å². The fraction of sp³-hybridized carbons (Fsp3) is 0.200. The predicted octanol–water partition coefficient (Wildman–Crippen LogP) is 1.96. The van der Waals surface area contributed by atoms with Crippen LogP contribution in [0.2, 0.25) is 0 Å². The molecule has 108 valence electrons. The van der Waals surface area contributed by atoms with Gasteiger partial charge in [-0.1, -0.05) is 5.16 Å². The SMILES string of the molecule is Cc1noc(CNS(=O)(=O)c2c(Br)cc(N)cc2Br)n1. The number of nitrogens with one attached hydrogen (secondary N) is 1. The Morgan fingerprint density at radius 1 is 1.35 bits per heavy atom. The normalized spacial score (nSPS) is 11.8. The molecule has 1 heterocycles. The molecule has 0 aliphatic rings. The number of rotatable bonds is 4. The average molecular weight is 426 g/mol.